The Bertz CT molecular complexity index is 671. The lowest BCUT2D eigenvalue weighted by atomic mass is 9.50. The number of ketones is 1. The van der Waals surface area contributed by atoms with Gasteiger partial charge in [0.25, 0.3) is 0 Å². The lowest BCUT2D eigenvalue weighted by Crippen LogP contribution is -2.62. The Kier molecular flexibility index (Phi) is 3.24. The van der Waals surface area contributed by atoms with Crippen LogP contribution < -0.4 is 4.74 Å². The molecule has 4 nitrogen and oxygen atoms in total. The van der Waals surface area contributed by atoms with Gasteiger partial charge in [0.1, 0.15) is 5.78 Å². The summed E-state index contributed by atoms with van der Waals surface area (Å²) in [6, 6.07) is 4.41. The highest BCUT2D eigenvalue weighted by Gasteiger charge is 2.57. The van der Waals surface area contributed by atoms with Gasteiger partial charge in [0.05, 0.1) is 7.11 Å². The molecule has 4 heteroatoms. The molecule has 3 aliphatic rings. The van der Waals surface area contributed by atoms with Gasteiger partial charge in [-0.15, -0.1) is 0 Å². The molecule has 1 N–H and O–H groups in total. The third kappa shape index (κ3) is 1.90. The van der Waals surface area contributed by atoms with Crippen molar-refractivity contribution in [3.8, 4) is 11.5 Å². The maximum atomic E-state index is 12.6. The van der Waals surface area contributed by atoms with E-state index in [0.29, 0.717) is 29.9 Å². The summed E-state index contributed by atoms with van der Waals surface area (Å²) in [6.07, 6.45) is 3.40. The van der Waals surface area contributed by atoms with Crippen molar-refractivity contribution in [3.05, 3.63) is 23.3 Å². The summed E-state index contributed by atoms with van der Waals surface area (Å²) in [5.41, 5.74) is 2.00. The monoisotopic (exact) mass is 315 g/mol. The molecule has 4 atom stereocenters. The van der Waals surface area contributed by atoms with Crippen molar-refractivity contribution in [1.29, 1.82) is 0 Å². The van der Waals surface area contributed by atoms with E-state index in [1.165, 1.54) is 5.56 Å². The number of fused-ring (bicyclic) bond motifs is 1. The van der Waals surface area contributed by atoms with E-state index in [1.807, 2.05) is 6.07 Å². The summed E-state index contributed by atoms with van der Waals surface area (Å²) in [4.78, 5) is 15.0. The number of rotatable bonds is 1. The van der Waals surface area contributed by atoms with E-state index in [-0.39, 0.29) is 17.1 Å². The number of ether oxygens (including phenoxy) is 1. The summed E-state index contributed by atoms with van der Waals surface area (Å²) in [6.45, 7) is 3.05. The maximum Gasteiger partial charge on any atom is 0.161 e. The Morgan fingerprint density at radius 1 is 1.39 bits per heavy atom. The van der Waals surface area contributed by atoms with Crippen molar-refractivity contribution in [2.45, 2.75) is 44.1 Å². The standard InChI is InChI=1S/C19H25NO3/c1-11-8-13-14-9-12-4-5-16(23-3)18(22)17(12)19(13,10-15(11)21)6-7-20(14)2/h4-5,11,13-14,22H,6-10H2,1-3H3/t11?,13-,14-,19-/m1/s1. The van der Waals surface area contributed by atoms with Gasteiger partial charge in [-0.1, -0.05) is 13.0 Å². The van der Waals surface area contributed by atoms with Gasteiger partial charge in [0.2, 0.25) is 0 Å². The number of nitrogens with zero attached hydrogens (tertiary/aromatic N) is 1. The molecule has 0 aromatic heterocycles. The zero-order valence-corrected chi connectivity index (χ0v) is 14.1. The molecule has 1 saturated heterocycles. The summed E-state index contributed by atoms with van der Waals surface area (Å²) in [5.74, 6) is 1.72. The minimum absolute atomic E-state index is 0.136. The fourth-order valence-corrected chi connectivity index (χ4v) is 5.43. The Balaban J connectivity index is 1.94. The molecule has 1 aromatic carbocycles. The summed E-state index contributed by atoms with van der Waals surface area (Å²) < 4.78 is 5.35. The van der Waals surface area contributed by atoms with Crippen LogP contribution in [0.5, 0.6) is 11.5 Å². The number of piperidine rings is 1. The van der Waals surface area contributed by atoms with Gasteiger partial charge < -0.3 is 14.7 Å². The van der Waals surface area contributed by atoms with Gasteiger partial charge in [0, 0.05) is 29.4 Å². The second-order valence-electron chi connectivity index (χ2n) is 7.70. The number of hydrogen-bond acceptors (Lipinski definition) is 4. The van der Waals surface area contributed by atoms with Crippen molar-refractivity contribution in [1.82, 2.24) is 4.90 Å². The molecule has 4 rings (SSSR count). The Hall–Kier alpha value is -1.55. The molecule has 1 aromatic rings. The van der Waals surface area contributed by atoms with Gasteiger partial charge in [-0.05, 0) is 50.4 Å². The number of phenols is 1. The average Bonchev–Trinajstić information content (AvgIpc) is 2.52. The lowest BCUT2D eigenvalue weighted by Gasteiger charge is -2.58. The number of aromatic hydroxyl groups is 1. The minimum atomic E-state index is -0.201. The van der Waals surface area contributed by atoms with E-state index in [9.17, 15) is 9.90 Å². The third-order valence-corrected chi connectivity index (χ3v) is 6.67. The molecule has 0 spiro atoms. The predicted octanol–water partition coefficient (Wildman–Crippen LogP) is 2.51. The highest BCUT2D eigenvalue weighted by atomic mass is 16.5. The zero-order valence-electron chi connectivity index (χ0n) is 14.1. The molecule has 0 radical (unpaired) electrons. The van der Waals surface area contributed by atoms with E-state index in [2.05, 4.69) is 24.9 Å². The second kappa shape index (κ2) is 4.97. The molecule has 2 fully saturated rings. The molecule has 1 unspecified atom stereocenters. The van der Waals surface area contributed by atoms with E-state index in [0.717, 1.165) is 31.4 Å². The van der Waals surface area contributed by atoms with Crippen LogP contribution in [0.4, 0.5) is 0 Å². The Morgan fingerprint density at radius 3 is 2.91 bits per heavy atom. The largest absolute Gasteiger partial charge is 0.504 e. The SMILES string of the molecule is COc1ccc2c(c1O)[C@@]13CCN(C)[C@H](C2)[C@H]1CC(C)C(=O)C3. The molecular formula is C19H25NO3. The Morgan fingerprint density at radius 2 is 2.17 bits per heavy atom. The smallest absolute Gasteiger partial charge is 0.161 e. The number of carbonyl (C=O) groups is 1. The topological polar surface area (TPSA) is 49.8 Å². The number of hydrogen-bond donors (Lipinski definition) is 1. The fraction of sp³-hybridized carbons (Fsp3) is 0.632. The van der Waals surface area contributed by atoms with Crippen molar-refractivity contribution in [2.24, 2.45) is 11.8 Å². The molecule has 2 aliphatic carbocycles. The van der Waals surface area contributed by atoms with Crippen LogP contribution in [0.15, 0.2) is 12.1 Å². The highest BCUT2D eigenvalue weighted by molar-refractivity contribution is 5.84. The first-order valence-corrected chi connectivity index (χ1v) is 8.60. The molecule has 23 heavy (non-hydrogen) atoms. The molecular weight excluding hydrogens is 290 g/mol. The molecule has 0 amide bonds. The number of carbonyl (C=O) groups excluding carboxylic acids is 1. The molecule has 124 valence electrons. The number of benzene rings is 1. The molecule has 1 aliphatic heterocycles. The van der Waals surface area contributed by atoms with Crippen LogP contribution >= 0.6 is 0 Å². The number of likely N-dealkylation sites (tertiary alicyclic amines) is 1. The maximum absolute atomic E-state index is 12.6. The first-order valence-electron chi connectivity index (χ1n) is 8.60. The fourth-order valence-electron chi connectivity index (χ4n) is 5.43. The van der Waals surface area contributed by atoms with Gasteiger partial charge in [-0.25, -0.2) is 0 Å². The van der Waals surface area contributed by atoms with E-state index >= 15 is 0 Å². The predicted molar refractivity (Wildman–Crippen MR) is 88.0 cm³/mol. The van der Waals surface area contributed by atoms with Crippen LogP contribution in [0.25, 0.3) is 0 Å². The summed E-state index contributed by atoms with van der Waals surface area (Å²) in [5, 5.41) is 10.8. The van der Waals surface area contributed by atoms with Crippen LogP contribution in [0, 0.1) is 11.8 Å². The molecule has 2 bridgehead atoms. The Labute approximate surface area is 137 Å². The molecule has 1 saturated carbocycles. The quantitative estimate of drug-likeness (QED) is 0.865. The van der Waals surface area contributed by atoms with Crippen molar-refractivity contribution in [2.75, 3.05) is 20.7 Å². The van der Waals surface area contributed by atoms with E-state index in [1.54, 1.807) is 7.11 Å². The molecule has 1 heterocycles. The normalized spacial score (nSPS) is 36.3. The zero-order chi connectivity index (χ0) is 16.4. The van der Waals surface area contributed by atoms with Crippen LogP contribution in [0.1, 0.15) is 37.3 Å². The summed E-state index contributed by atoms with van der Waals surface area (Å²) in [7, 11) is 3.79. The number of Topliss-reactive ketones (excluding diaryl/α,β-unsaturated/α-hetero) is 1. The van der Waals surface area contributed by atoms with Crippen LogP contribution in [0.3, 0.4) is 0 Å². The van der Waals surface area contributed by atoms with Crippen LogP contribution in [-0.2, 0) is 16.6 Å². The minimum Gasteiger partial charge on any atom is -0.504 e. The van der Waals surface area contributed by atoms with Gasteiger partial charge in [-0.2, -0.15) is 0 Å². The number of methoxy groups -OCH3 is 1. The van der Waals surface area contributed by atoms with Crippen molar-refractivity contribution < 1.29 is 14.6 Å². The van der Waals surface area contributed by atoms with Gasteiger partial charge >= 0.3 is 0 Å². The van der Waals surface area contributed by atoms with Gasteiger partial charge in [0.15, 0.2) is 11.5 Å². The van der Waals surface area contributed by atoms with Crippen molar-refractivity contribution >= 4 is 5.78 Å². The van der Waals surface area contributed by atoms with Crippen LogP contribution in [0.2, 0.25) is 0 Å². The van der Waals surface area contributed by atoms with E-state index < -0.39 is 0 Å². The first kappa shape index (κ1) is 15.0. The lowest BCUT2D eigenvalue weighted by molar-refractivity contribution is -0.132. The highest BCUT2D eigenvalue weighted by Crippen LogP contribution is 2.58. The second-order valence-corrected chi connectivity index (χ2v) is 7.70. The van der Waals surface area contributed by atoms with Crippen molar-refractivity contribution in [3.63, 3.8) is 0 Å². The number of phenolic OH excluding ortho intramolecular Hbond substituents is 1. The third-order valence-electron chi connectivity index (χ3n) is 6.67. The van der Waals surface area contributed by atoms with Crippen LogP contribution in [-0.4, -0.2) is 42.5 Å². The summed E-state index contributed by atoms with van der Waals surface area (Å²) >= 11 is 0. The average molecular weight is 315 g/mol. The number of likely N-dealkylation sites (N-methyl/N-ethyl adjacent to an activating group) is 1. The van der Waals surface area contributed by atoms with Gasteiger partial charge in [-0.3, -0.25) is 4.79 Å². The van der Waals surface area contributed by atoms with E-state index in [4.69, 9.17) is 4.74 Å². The first-order chi connectivity index (χ1) is 11.0.